The summed E-state index contributed by atoms with van der Waals surface area (Å²) in [4.78, 5) is 0. The molecule has 0 radical (unpaired) electrons. The molecule has 24 heavy (non-hydrogen) atoms. The van der Waals surface area contributed by atoms with Crippen molar-refractivity contribution in [3.05, 3.63) is 63.6 Å². The lowest BCUT2D eigenvalue weighted by Crippen LogP contribution is -2.15. The van der Waals surface area contributed by atoms with Gasteiger partial charge >= 0.3 is 0 Å². The summed E-state index contributed by atoms with van der Waals surface area (Å²) in [5, 5.41) is 3.54. The van der Waals surface area contributed by atoms with Gasteiger partial charge in [0.25, 0.3) is 0 Å². The molecule has 0 saturated heterocycles. The number of halogens is 1. The first kappa shape index (κ1) is 19.0. The van der Waals surface area contributed by atoms with Gasteiger partial charge in [0.1, 0.15) is 12.4 Å². The first-order valence-corrected chi connectivity index (χ1v) is 9.66. The molecular weight excluding hydrogens is 362 g/mol. The van der Waals surface area contributed by atoms with E-state index in [1.807, 2.05) is 6.07 Å². The van der Waals surface area contributed by atoms with Crippen LogP contribution >= 0.6 is 15.9 Å². The zero-order chi connectivity index (χ0) is 17.2. The Morgan fingerprint density at radius 3 is 2.62 bits per heavy atom. The number of aryl methyl sites for hydroxylation is 1. The van der Waals surface area contributed by atoms with Gasteiger partial charge in [-0.15, -0.1) is 0 Å². The molecule has 0 atom stereocenters. The van der Waals surface area contributed by atoms with E-state index in [0.717, 1.165) is 23.3 Å². The number of hydrogen-bond acceptors (Lipinski definition) is 2. The van der Waals surface area contributed by atoms with E-state index >= 15 is 0 Å². The van der Waals surface area contributed by atoms with Crippen molar-refractivity contribution in [2.24, 2.45) is 0 Å². The lowest BCUT2D eigenvalue weighted by Gasteiger charge is -2.14. The zero-order valence-electron chi connectivity index (χ0n) is 14.8. The van der Waals surface area contributed by atoms with Crippen LogP contribution in [0.4, 0.5) is 0 Å². The maximum absolute atomic E-state index is 6.09. The van der Waals surface area contributed by atoms with E-state index in [1.165, 1.54) is 42.4 Å². The fourth-order valence-electron chi connectivity index (χ4n) is 2.65. The van der Waals surface area contributed by atoms with E-state index in [9.17, 15) is 0 Å². The van der Waals surface area contributed by atoms with Crippen LogP contribution in [-0.2, 0) is 13.2 Å². The van der Waals surface area contributed by atoms with Crippen molar-refractivity contribution >= 4 is 15.9 Å². The summed E-state index contributed by atoms with van der Waals surface area (Å²) in [5.74, 6) is 0.961. The molecule has 0 bridgehead atoms. The molecule has 2 nitrogen and oxygen atoms in total. The average Bonchev–Trinajstić information content (AvgIpc) is 2.58. The van der Waals surface area contributed by atoms with Crippen LogP contribution in [0.3, 0.4) is 0 Å². The van der Waals surface area contributed by atoms with Crippen LogP contribution < -0.4 is 10.1 Å². The van der Waals surface area contributed by atoms with Gasteiger partial charge in [-0.25, -0.2) is 0 Å². The third-order valence-corrected chi connectivity index (χ3v) is 4.68. The van der Waals surface area contributed by atoms with E-state index in [2.05, 4.69) is 71.5 Å². The third kappa shape index (κ3) is 6.29. The maximum atomic E-state index is 6.09. The summed E-state index contributed by atoms with van der Waals surface area (Å²) in [6.45, 7) is 6.88. The van der Waals surface area contributed by atoms with Crippen LogP contribution in [0, 0.1) is 6.92 Å². The topological polar surface area (TPSA) is 21.3 Å². The molecule has 0 aromatic heterocycles. The van der Waals surface area contributed by atoms with Gasteiger partial charge in [0.2, 0.25) is 0 Å². The SMILES string of the molecule is CCCCCCNCc1cc(Br)ccc1OCc1ccccc1C. The Morgan fingerprint density at radius 1 is 1.00 bits per heavy atom. The van der Waals surface area contributed by atoms with Crippen LogP contribution in [-0.4, -0.2) is 6.54 Å². The van der Waals surface area contributed by atoms with Gasteiger partial charge in [-0.2, -0.15) is 0 Å². The molecule has 0 amide bonds. The normalized spacial score (nSPS) is 10.8. The first-order chi connectivity index (χ1) is 11.7. The molecule has 2 aromatic rings. The summed E-state index contributed by atoms with van der Waals surface area (Å²) in [7, 11) is 0. The number of hydrogen-bond donors (Lipinski definition) is 1. The van der Waals surface area contributed by atoms with Gasteiger partial charge in [-0.3, -0.25) is 0 Å². The summed E-state index contributed by atoms with van der Waals surface area (Å²) in [6, 6.07) is 14.6. The first-order valence-electron chi connectivity index (χ1n) is 8.87. The van der Waals surface area contributed by atoms with Gasteiger partial charge in [-0.1, -0.05) is 66.4 Å². The summed E-state index contributed by atoms with van der Waals surface area (Å²) >= 11 is 3.56. The van der Waals surface area contributed by atoms with Gasteiger partial charge in [0, 0.05) is 16.6 Å². The highest BCUT2D eigenvalue weighted by Gasteiger charge is 2.06. The zero-order valence-corrected chi connectivity index (χ0v) is 16.4. The van der Waals surface area contributed by atoms with Crippen LogP contribution in [0.15, 0.2) is 46.9 Å². The van der Waals surface area contributed by atoms with E-state index in [1.54, 1.807) is 0 Å². The van der Waals surface area contributed by atoms with Gasteiger partial charge in [0.15, 0.2) is 0 Å². The number of ether oxygens (including phenoxy) is 1. The minimum absolute atomic E-state index is 0.609. The molecule has 0 heterocycles. The van der Waals surface area contributed by atoms with Crippen LogP contribution in [0.1, 0.15) is 49.3 Å². The molecule has 0 aliphatic carbocycles. The lowest BCUT2D eigenvalue weighted by molar-refractivity contribution is 0.301. The number of nitrogens with one attached hydrogen (secondary N) is 1. The Hall–Kier alpha value is -1.32. The Kier molecular flexibility index (Phi) is 8.34. The smallest absolute Gasteiger partial charge is 0.124 e. The summed E-state index contributed by atoms with van der Waals surface area (Å²) in [6.07, 6.45) is 5.14. The van der Waals surface area contributed by atoms with E-state index < -0.39 is 0 Å². The molecule has 2 aromatic carbocycles. The number of rotatable bonds is 10. The van der Waals surface area contributed by atoms with E-state index in [4.69, 9.17) is 4.74 Å². The van der Waals surface area contributed by atoms with E-state index in [0.29, 0.717) is 6.61 Å². The minimum Gasteiger partial charge on any atom is -0.489 e. The second-order valence-electron chi connectivity index (χ2n) is 6.20. The second kappa shape index (κ2) is 10.5. The van der Waals surface area contributed by atoms with Gasteiger partial charge < -0.3 is 10.1 Å². The molecule has 1 N–H and O–H groups in total. The average molecular weight is 390 g/mol. The predicted octanol–water partition coefficient (Wildman–Crippen LogP) is 6.01. The molecular formula is C21H28BrNO. The molecule has 0 fully saturated rings. The molecule has 0 unspecified atom stereocenters. The van der Waals surface area contributed by atoms with Gasteiger partial charge in [-0.05, 0) is 49.2 Å². The Labute approximate surface area is 154 Å². The van der Waals surface area contributed by atoms with Crippen molar-refractivity contribution < 1.29 is 4.74 Å². The standard InChI is InChI=1S/C21H28BrNO/c1-3-4-5-8-13-23-15-19-14-20(22)11-12-21(19)24-16-18-10-7-6-9-17(18)2/h6-7,9-12,14,23H,3-5,8,13,15-16H2,1-2H3. The molecule has 130 valence electrons. The largest absolute Gasteiger partial charge is 0.489 e. The molecule has 0 aliphatic heterocycles. The minimum atomic E-state index is 0.609. The van der Waals surface area contributed by atoms with Crippen molar-refractivity contribution in [1.82, 2.24) is 5.32 Å². The van der Waals surface area contributed by atoms with Crippen LogP contribution in [0.5, 0.6) is 5.75 Å². The van der Waals surface area contributed by atoms with Gasteiger partial charge in [0.05, 0.1) is 0 Å². The molecule has 0 spiro atoms. The van der Waals surface area contributed by atoms with Crippen LogP contribution in [0.2, 0.25) is 0 Å². The van der Waals surface area contributed by atoms with E-state index in [-0.39, 0.29) is 0 Å². The lowest BCUT2D eigenvalue weighted by atomic mass is 10.1. The molecule has 0 saturated carbocycles. The number of unbranched alkanes of at least 4 members (excludes halogenated alkanes) is 3. The Morgan fingerprint density at radius 2 is 1.83 bits per heavy atom. The second-order valence-corrected chi connectivity index (χ2v) is 7.12. The molecule has 0 aliphatic rings. The third-order valence-electron chi connectivity index (χ3n) is 4.19. The highest BCUT2D eigenvalue weighted by molar-refractivity contribution is 9.10. The van der Waals surface area contributed by atoms with Crippen molar-refractivity contribution in [3.8, 4) is 5.75 Å². The Bertz CT molecular complexity index is 627. The van der Waals surface area contributed by atoms with Crippen molar-refractivity contribution in [2.45, 2.75) is 52.7 Å². The quantitative estimate of drug-likeness (QED) is 0.502. The highest BCUT2D eigenvalue weighted by Crippen LogP contribution is 2.24. The molecule has 3 heteroatoms. The fraction of sp³-hybridized carbons (Fsp3) is 0.429. The Balaban J connectivity index is 1.91. The van der Waals surface area contributed by atoms with Crippen LogP contribution in [0.25, 0.3) is 0 Å². The van der Waals surface area contributed by atoms with Crippen molar-refractivity contribution in [1.29, 1.82) is 0 Å². The van der Waals surface area contributed by atoms with Crippen molar-refractivity contribution in [3.63, 3.8) is 0 Å². The monoisotopic (exact) mass is 389 g/mol. The molecule has 2 rings (SSSR count). The maximum Gasteiger partial charge on any atom is 0.124 e. The van der Waals surface area contributed by atoms with Crippen molar-refractivity contribution in [2.75, 3.05) is 6.54 Å². The summed E-state index contributed by atoms with van der Waals surface area (Å²) in [5.41, 5.74) is 3.71. The highest BCUT2D eigenvalue weighted by atomic mass is 79.9. The predicted molar refractivity (Wildman–Crippen MR) is 106 cm³/mol. The summed E-state index contributed by atoms with van der Waals surface area (Å²) < 4.78 is 7.19. The number of benzene rings is 2. The fourth-order valence-corrected chi connectivity index (χ4v) is 3.06.